The van der Waals surface area contributed by atoms with Crippen LogP contribution in [0.15, 0.2) is 12.1 Å². The lowest BCUT2D eigenvalue weighted by molar-refractivity contribution is -0.159. The molecule has 0 saturated carbocycles. The van der Waals surface area contributed by atoms with Crippen molar-refractivity contribution in [3.8, 4) is 5.75 Å². The summed E-state index contributed by atoms with van der Waals surface area (Å²) in [4.78, 5) is 18.2. The molecule has 0 radical (unpaired) electrons. The number of aliphatic carboxylic acids is 2. The fourth-order valence-corrected chi connectivity index (χ4v) is 1.59. The number of carboxylic acid groups (broad SMARTS) is 2. The van der Waals surface area contributed by atoms with Crippen molar-refractivity contribution in [3.05, 3.63) is 28.8 Å². The van der Waals surface area contributed by atoms with Crippen LogP contribution in [0.4, 0.5) is 0 Å². The molecule has 0 aliphatic carbocycles. The van der Waals surface area contributed by atoms with Gasteiger partial charge in [0.25, 0.3) is 0 Å². The molecule has 0 aliphatic heterocycles. The van der Waals surface area contributed by atoms with E-state index in [2.05, 4.69) is 38.2 Å². The van der Waals surface area contributed by atoms with E-state index in [0.29, 0.717) is 13.2 Å². The van der Waals surface area contributed by atoms with Crippen LogP contribution in [0.1, 0.15) is 16.7 Å². The van der Waals surface area contributed by atoms with Crippen molar-refractivity contribution in [2.75, 3.05) is 26.3 Å². The number of aliphatic hydroxyl groups excluding tert-OH is 1. The number of aryl methyl sites for hydroxylation is 2. The summed E-state index contributed by atoms with van der Waals surface area (Å²) >= 11 is 0. The highest BCUT2D eigenvalue weighted by Crippen LogP contribution is 2.22. The van der Waals surface area contributed by atoms with E-state index in [4.69, 9.17) is 29.6 Å². The zero-order valence-corrected chi connectivity index (χ0v) is 13.0. The molecule has 1 aromatic carbocycles. The molecule has 0 atom stereocenters. The Morgan fingerprint density at radius 1 is 1.09 bits per heavy atom. The van der Waals surface area contributed by atoms with Crippen LogP contribution in [0.3, 0.4) is 0 Å². The third kappa shape index (κ3) is 8.23. The van der Waals surface area contributed by atoms with Crippen LogP contribution >= 0.6 is 0 Å². The summed E-state index contributed by atoms with van der Waals surface area (Å²) in [6.07, 6.45) is 0. The molecule has 0 aliphatic rings. The van der Waals surface area contributed by atoms with Crippen molar-refractivity contribution in [2.24, 2.45) is 0 Å². The van der Waals surface area contributed by atoms with Crippen molar-refractivity contribution < 1.29 is 29.6 Å². The standard InChI is InChI=1S/C13H21NO2.C2H2O4/c1-10-8-11(2)12(3)13(9-10)16-7-5-14-4-6-15;3-1(4)2(5)6/h8-9,14-15H,4-7H2,1-3H3;(H,3,4)(H,5,6). The highest BCUT2D eigenvalue weighted by molar-refractivity contribution is 6.27. The highest BCUT2D eigenvalue weighted by atomic mass is 16.5. The van der Waals surface area contributed by atoms with Gasteiger partial charge < -0.3 is 25.4 Å². The third-order valence-corrected chi connectivity index (χ3v) is 2.77. The number of carbonyl (C=O) groups is 2. The van der Waals surface area contributed by atoms with Crippen LogP contribution in [0.2, 0.25) is 0 Å². The minimum absolute atomic E-state index is 0.169. The Bertz CT molecular complexity index is 489. The average molecular weight is 313 g/mol. The van der Waals surface area contributed by atoms with E-state index in [1.807, 2.05) is 0 Å². The first-order valence-corrected chi connectivity index (χ1v) is 6.78. The van der Waals surface area contributed by atoms with E-state index >= 15 is 0 Å². The third-order valence-electron chi connectivity index (χ3n) is 2.77. The second-order valence-corrected chi connectivity index (χ2v) is 4.64. The summed E-state index contributed by atoms with van der Waals surface area (Å²) in [5.74, 6) is -2.69. The van der Waals surface area contributed by atoms with Crippen molar-refractivity contribution in [1.82, 2.24) is 5.32 Å². The highest BCUT2D eigenvalue weighted by Gasteiger charge is 2.04. The molecule has 22 heavy (non-hydrogen) atoms. The molecule has 4 N–H and O–H groups in total. The lowest BCUT2D eigenvalue weighted by Gasteiger charge is -2.12. The molecule has 0 amide bonds. The number of hydrogen-bond acceptors (Lipinski definition) is 5. The van der Waals surface area contributed by atoms with E-state index in [1.165, 1.54) is 16.7 Å². The van der Waals surface area contributed by atoms with Gasteiger partial charge in [-0.15, -0.1) is 0 Å². The fraction of sp³-hybridized carbons (Fsp3) is 0.467. The van der Waals surface area contributed by atoms with Crippen molar-refractivity contribution >= 4 is 11.9 Å². The number of benzene rings is 1. The summed E-state index contributed by atoms with van der Waals surface area (Å²) in [5.41, 5.74) is 3.69. The van der Waals surface area contributed by atoms with Crippen LogP contribution in [0.5, 0.6) is 5.75 Å². The summed E-state index contributed by atoms with van der Waals surface area (Å²) in [6.45, 7) is 8.42. The summed E-state index contributed by atoms with van der Waals surface area (Å²) in [6, 6.07) is 4.22. The first kappa shape index (κ1) is 19.9. The van der Waals surface area contributed by atoms with Gasteiger partial charge in [0.15, 0.2) is 0 Å². The summed E-state index contributed by atoms with van der Waals surface area (Å²) in [7, 11) is 0. The van der Waals surface area contributed by atoms with Gasteiger partial charge in [-0.25, -0.2) is 9.59 Å². The molecule has 1 aromatic rings. The van der Waals surface area contributed by atoms with Crippen LogP contribution in [-0.4, -0.2) is 53.6 Å². The normalized spacial score (nSPS) is 9.64. The molecule has 0 bridgehead atoms. The number of carboxylic acids is 2. The monoisotopic (exact) mass is 313 g/mol. The van der Waals surface area contributed by atoms with Gasteiger partial charge in [0.1, 0.15) is 12.4 Å². The molecule has 0 spiro atoms. The molecule has 0 aromatic heterocycles. The second kappa shape index (κ2) is 10.6. The van der Waals surface area contributed by atoms with Crippen LogP contribution in [0.25, 0.3) is 0 Å². The maximum atomic E-state index is 9.10. The van der Waals surface area contributed by atoms with Gasteiger partial charge in [0.2, 0.25) is 0 Å². The number of aliphatic hydroxyl groups is 1. The van der Waals surface area contributed by atoms with E-state index in [1.54, 1.807) is 0 Å². The smallest absolute Gasteiger partial charge is 0.414 e. The Morgan fingerprint density at radius 3 is 2.18 bits per heavy atom. The molecule has 124 valence electrons. The van der Waals surface area contributed by atoms with Gasteiger partial charge in [-0.1, -0.05) is 6.07 Å². The molecule has 0 saturated heterocycles. The maximum absolute atomic E-state index is 9.10. The average Bonchev–Trinajstić information content (AvgIpc) is 2.44. The molecule has 7 heteroatoms. The van der Waals surface area contributed by atoms with Crippen molar-refractivity contribution in [2.45, 2.75) is 20.8 Å². The predicted octanol–water partition coefficient (Wildman–Crippen LogP) is 0.728. The Kier molecular flexibility index (Phi) is 9.56. The van der Waals surface area contributed by atoms with Gasteiger partial charge in [0.05, 0.1) is 6.61 Å². The van der Waals surface area contributed by atoms with Gasteiger partial charge in [-0.05, 0) is 43.5 Å². The molecular weight excluding hydrogens is 290 g/mol. The van der Waals surface area contributed by atoms with Gasteiger partial charge in [-0.3, -0.25) is 0 Å². The zero-order chi connectivity index (χ0) is 17.1. The van der Waals surface area contributed by atoms with E-state index in [-0.39, 0.29) is 6.61 Å². The number of hydrogen-bond donors (Lipinski definition) is 4. The quantitative estimate of drug-likeness (QED) is 0.452. The summed E-state index contributed by atoms with van der Waals surface area (Å²) in [5, 5.41) is 26.5. The lowest BCUT2D eigenvalue weighted by atomic mass is 10.1. The molecule has 0 unspecified atom stereocenters. The van der Waals surface area contributed by atoms with Crippen LogP contribution < -0.4 is 10.1 Å². The number of rotatable bonds is 6. The van der Waals surface area contributed by atoms with Gasteiger partial charge in [0, 0.05) is 13.1 Å². The van der Waals surface area contributed by atoms with Crippen molar-refractivity contribution in [1.29, 1.82) is 0 Å². The first-order valence-electron chi connectivity index (χ1n) is 6.78. The minimum Gasteiger partial charge on any atom is -0.492 e. The number of nitrogens with one attached hydrogen (secondary N) is 1. The van der Waals surface area contributed by atoms with Crippen molar-refractivity contribution in [3.63, 3.8) is 0 Å². The topological polar surface area (TPSA) is 116 Å². The molecule has 7 nitrogen and oxygen atoms in total. The SMILES string of the molecule is Cc1cc(C)c(C)c(OCCNCCO)c1.O=C(O)C(=O)O. The summed E-state index contributed by atoms with van der Waals surface area (Å²) < 4.78 is 5.70. The largest absolute Gasteiger partial charge is 0.492 e. The second-order valence-electron chi connectivity index (χ2n) is 4.64. The van der Waals surface area contributed by atoms with Gasteiger partial charge >= 0.3 is 11.9 Å². The lowest BCUT2D eigenvalue weighted by Crippen LogP contribution is -2.24. The zero-order valence-electron chi connectivity index (χ0n) is 13.0. The maximum Gasteiger partial charge on any atom is 0.414 e. The Hall–Kier alpha value is -2.12. The Balaban J connectivity index is 0.000000626. The Morgan fingerprint density at radius 2 is 1.68 bits per heavy atom. The van der Waals surface area contributed by atoms with Crippen LogP contribution in [-0.2, 0) is 9.59 Å². The predicted molar refractivity (Wildman–Crippen MR) is 81.4 cm³/mol. The van der Waals surface area contributed by atoms with E-state index in [0.717, 1.165) is 12.3 Å². The first-order chi connectivity index (χ1) is 10.3. The Labute approximate surface area is 129 Å². The molecular formula is C15H23NO6. The van der Waals surface area contributed by atoms with Gasteiger partial charge in [-0.2, -0.15) is 0 Å². The van der Waals surface area contributed by atoms with Crippen LogP contribution in [0, 0.1) is 20.8 Å². The minimum atomic E-state index is -1.82. The number of ether oxygens (including phenoxy) is 1. The molecule has 0 heterocycles. The fourth-order valence-electron chi connectivity index (χ4n) is 1.59. The molecule has 0 fully saturated rings. The van der Waals surface area contributed by atoms with E-state index < -0.39 is 11.9 Å². The van der Waals surface area contributed by atoms with E-state index in [9.17, 15) is 0 Å². The molecule has 1 rings (SSSR count).